The quantitative estimate of drug-likeness (QED) is 0.873. The van der Waals surface area contributed by atoms with Crippen LogP contribution in [0.25, 0.3) is 0 Å². The van der Waals surface area contributed by atoms with Crippen LogP contribution in [0.5, 0.6) is 0 Å². The average molecular weight is 239 g/mol. The maximum atomic E-state index is 6.13. The van der Waals surface area contributed by atoms with Crippen molar-refractivity contribution in [3.05, 3.63) is 50.9 Å². The summed E-state index contributed by atoms with van der Waals surface area (Å²) in [4.78, 5) is 5.14. The number of aryl methyl sites for hydroxylation is 1. The predicted molar refractivity (Wildman–Crippen MR) is 64.3 cm³/mol. The smallest absolute Gasteiger partial charge is 0.0662 e. The van der Waals surface area contributed by atoms with Gasteiger partial charge in [-0.2, -0.15) is 0 Å². The number of nitrogens with two attached hydrogens (primary N) is 1. The third-order valence-electron chi connectivity index (χ3n) is 2.21. The molecule has 0 amide bonds. The highest BCUT2D eigenvalue weighted by molar-refractivity contribution is 7.10. The Morgan fingerprint density at radius 3 is 2.87 bits per heavy atom. The van der Waals surface area contributed by atoms with Crippen molar-refractivity contribution in [2.24, 2.45) is 5.73 Å². The summed E-state index contributed by atoms with van der Waals surface area (Å²) in [6.45, 7) is 1.95. The molecule has 4 heteroatoms. The third kappa shape index (κ3) is 2.20. The fourth-order valence-corrected chi connectivity index (χ4v) is 2.64. The van der Waals surface area contributed by atoms with E-state index in [1.54, 1.807) is 17.5 Å². The molecule has 2 aromatic rings. The highest BCUT2D eigenvalue weighted by Crippen LogP contribution is 2.31. The summed E-state index contributed by atoms with van der Waals surface area (Å²) in [6, 6.07) is 5.63. The highest BCUT2D eigenvalue weighted by Gasteiger charge is 2.13. The van der Waals surface area contributed by atoms with Crippen molar-refractivity contribution in [2.75, 3.05) is 0 Å². The van der Waals surface area contributed by atoms with Gasteiger partial charge in [-0.3, -0.25) is 4.98 Å². The summed E-state index contributed by atoms with van der Waals surface area (Å²) in [6.07, 6.45) is 1.77. The van der Waals surface area contributed by atoms with Gasteiger partial charge in [0.1, 0.15) is 0 Å². The zero-order valence-corrected chi connectivity index (χ0v) is 9.85. The maximum Gasteiger partial charge on any atom is 0.0662 e. The summed E-state index contributed by atoms with van der Waals surface area (Å²) < 4.78 is 0. The van der Waals surface area contributed by atoms with Gasteiger partial charge in [-0.05, 0) is 36.1 Å². The molecular weight excluding hydrogens is 228 g/mol. The molecule has 2 nitrogen and oxygen atoms in total. The van der Waals surface area contributed by atoms with Crippen LogP contribution in [-0.4, -0.2) is 4.98 Å². The van der Waals surface area contributed by atoms with E-state index in [0.29, 0.717) is 0 Å². The Morgan fingerprint density at radius 1 is 1.47 bits per heavy atom. The Balaban J connectivity index is 2.36. The van der Waals surface area contributed by atoms with Gasteiger partial charge < -0.3 is 5.73 Å². The molecule has 0 aliphatic carbocycles. The fraction of sp³-hybridized carbons (Fsp3) is 0.182. The zero-order chi connectivity index (χ0) is 10.8. The molecule has 2 heterocycles. The predicted octanol–water partition coefficient (Wildman–Crippen LogP) is 3.15. The summed E-state index contributed by atoms with van der Waals surface area (Å²) in [5.74, 6) is 0. The van der Waals surface area contributed by atoms with Crippen LogP contribution in [0.1, 0.15) is 22.2 Å². The summed E-state index contributed by atoms with van der Waals surface area (Å²) in [5.41, 5.74) is 8.14. The van der Waals surface area contributed by atoms with Gasteiger partial charge in [0.25, 0.3) is 0 Å². The largest absolute Gasteiger partial charge is 0.320 e. The van der Waals surface area contributed by atoms with Gasteiger partial charge >= 0.3 is 0 Å². The normalized spacial score (nSPS) is 12.7. The topological polar surface area (TPSA) is 38.9 Å². The molecule has 15 heavy (non-hydrogen) atoms. The first kappa shape index (κ1) is 10.6. The zero-order valence-electron chi connectivity index (χ0n) is 8.27. The van der Waals surface area contributed by atoms with Crippen LogP contribution in [0.3, 0.4) is 0 Å². The lowest BCUT2D eigenvalue weighted by atomic mass is 10.1. The monoisotopic (exact) mass is 238 g/mol. The number of halogens is 1. The first-order valence-electron chi connectivity index (χ1n) is 4.59. The van der Waals surface area contributed by atoms with Crippen LogP contribution in [-0.2, 0) is 0 Å². The van der Waals surface area contributed by atoms with Crippen LogP contribution in [0.15, 0.2) is 29.8 Å². The second kappa shape index (κ2) is 4.31. The van der Waals surface area contributed by atoms with Gasteiger partial charge in [0.05, 0.1) is 11.1 Å². The van der Waals surface area contributed by atoms with E-state index in [-0.39, 0.29) is 6.04 Å². The lowest BCUT2D eigenvalue weighted by Gasteiger charge is -2.10. The third-order valence-corrected chi connectivity index (χ3v) is 3.65. The molecule has 0 saturated heterocycles. The van der Waals surface area contributed by atoms with E-state index < -0.39 is 0 Å². The molecule has 2 N–H and O–H groups in total. The van der Waals surface area contributed by atoms with E-state index in [1.165, 1.54) is 0 Å². The molecule has 0 radical (unpaired) electrons. The summed E-state index contributed by atoms with van der Waals surface area (Å²) in [5, 5.41) is 2.69. The van der Waals surface area contributed by atoms with Crippen LogP contribution in [0.2, 0.25) is 5.02 Å². The molecule has 2 rings (SSSR count). The van der Waals surface area contributed by atoms with Crippen molar-refractivity contribution in [1.82, 2.24) is 4.98 Å². The number of rotatable bonds is 2. The van der Waals surface area contributed by atoms with Crippen LogP contribution < -0.4 is 5.73 Å². The first-order chi connectivity index (χ1) is 7.18. The Labute approximate surface area is 97.7 Å². The summed E-state index contributed by atoms with van der Waals surface area (Å²) >= 11 is 7.62. The molecule has 78 valence electrons. The number of nitrogens with zero attached hydrogens (tertiary/aromatic N) is 1. The SMILES string of the molecule is Cc1cc(C(N)c2sccc2Cl)ccn1. The van der Waals surface area contributed by atoms with Crippen LogP contribution in [0.4, 0.5) is 0 Å². The average Bonchev–Trinajstić information content (AvgIpc) is 2.63. The van der Waals surface area contributed by atoms with Crippen molar-refractivity contribution in [3.8, 4) is 0 Å². The minimum atomic E-state index is -0.154. The van der Waals surface area contributed by atoms with E-state index >= 15 is 0 Å². The molecule has 2 aromatic heterocycles. The number of aromatic nitrogens is 1. The Bertz CT molecular complexity index is 467. The van der Waals surface area contributed by atoms with Crippen LogP contribution >= 0.6 is 22.9 Å². The molecule has 1 atom stereocenters. The van der Waals surface area contributed by atoms with Gasteiger partial charge in [-0.15, -0.1) is 11.3 Å². The van der Waals surface area contributed by atoms with Gasteiger partial charge in [-0.1, -0.05) is 11.6 Å². The minimum absolute atomic E-state index is 0.154. The minimum Gasteiger partial charge on any atom is -0.320 e. The van der Waals surface area contributed by atoms with Crippen molar-refractivity contribution in [1.29, 1.82) is 0 Å². The van der Waals surface area contributed by atoms with Crippen molar-refractivity contribution >= 4 is 22.9 Å². The number of pyridine rings is 1. The fourth-order valence-electron chi connectivity index (χ4n) is 1.44. The molecule has 1 unspecified atom stereocenters. The number of hydrogen-bond donors (Lipinski definition) is 1. The van der Waals surface area contributed by atoms with Gasteiger partial charge in [0.2, 0.25) is 0 Å². The van der Waals surface area contributed by atoms with E-state index in [0.717, 1.165) is 21.2 Å². The Hall–Kier alpha value is -0.900. The maximum absolute atomic E-state index is 6.13. The molecule has 0 fully saturated rings. The number of hydrogen-bond acceptors (Lipinski definition) is 3. The van der Waals surface area contributed by atoms with Crippen LogP contribution in [0, 0.1) is 6.92 Å². The second-order valence-electron chi connectivity index (χ2n) is 3.34. The molecule has 0 aliphatic heterocycles. The lowest BCUT2D eigenvalue weighted by molar-refractivity contribution is 0.885. The molecule has 0 bridgehead atoms. The highest BCUT2D eigenvalue weighted by atomic mass is 35.5. The molecule has 0 saturated carbocycles. The standard InChI is InChI=1S/C11H11ClN2S/c1-7-6-8(2-4-14-7)10(13)11-9(12)3-5-15-11/h2-6,10H,13H2,1H3. The van der Waals surface area contributed by atoms with Crippen molar-refractivity contribution < 1.29 is 0 Å². The Kier molecular flexibility index (Phi) is 3.05. The molecule has 0 aliphatic rings. The van der Waals surface area contributed by atoms with E-state index in [9.17, 15) is 0 Å². The number of thiophene rings is 1. The lowest BCUT2D eigenvalue weighted by Crippen LogP contribution is -2.10. The van der Waals surface area contributed by atoms with E-state index in [1.807, 2.05) is 30.5 Å². The summed E-state index contributed by atoms with van der Waals surface area (Å²) in [7, 11) is 0. The molecule has 0 spiro atoms. The molecular formula is C11H11ClN2S. The second-order valence-corrected chi connectivity index (χ2v) is 4.70. The first-order valence-corrected chi connectivity index (χ1v) is 5.85. The van der Waals surface area contributed by atoms with Crippen molar-refractivity contribution in [3.63, 3.8) is 0 Å². The van der Waals surface area contributed by atoms with E-state index in [4.69, 9.17) is 17.3 Å². The molecule has 0 aromatic carbocycles. The Morgan fingerprint density at radius 2 is 2.27 bits per heavy atom. The van der Waals surface area contributed by atoms with Gasteiger partial charge in [-0.25, -0.2) is 0 Å². The van der Waals surface area contributed by atoms with Gasteiger partial charge in [0.15, 0.2) is 0 Å². The van der Waals surface area contributed by atoms with Gasteiger partial charge in [0, 0.05) is 16.8 Å². The van der Waals surface area contributed by atoms with E-state index in [2.05, 4.69) is 4.98 Å². The van der Waals surface area contributed by atoms with Crippen molar-refractivity contribution in [2.45, 2.75) is 13.0 Å².